The summed E-state index contributed by atoms with van der Waals surface area (Å²) in [5, 5.41) is 8.84. The fourth-order valence-electron chi connectivity index (χ4n) is 2.99. The molecule has 0 saturated carbocycles. The van der Waals surface area contributed by atoms with E-state index in [4.69, 9.17) is 0 Å². The molecular weight excluding hydrogens is 357 g/mol. The molecular formula is C22H18FN3S. The monoisotopic (exact) mass is 375 g/mol. The van der Waals surface area contributed by atoms with Gasteiger partial charge in [0.1, 0.15) is 5.82 Å². The molecule has 134 valence electrons. The van der Waals surface area contributed by atoms with Gasteiger partial charge in [0.05, 0.1) is 11.9 Å². The molecule has 3 aromatic carbocycles. The molecule has 4 aromatic rings. The van der Waals surface area contributed by atoms with Crippen molar-refractivity contribution in [2.75, 3.05) is 6.54 Å². The number of thiazole rings is 1. The summed E-state index contributed by atoms with van der Waals surface area (Å²) in [6, 6.07) is 21.0. The predicted octanol–water partition coefficient (Wildman–Crippen LogP) is 5.31. The van der Waals surface area contributed by atoms with Crippen LogP contribution in [0, 0.1) is 5.82 Å². The van der Waals surface area contributed by atoms with Crippen LogP contribution in [0.1, 0.15) is 12.5 Å². The molecule has 0 saturated heterocycles. The van der Waals surface area contributed by atoms with Crippen LogP contribution in [0.5, 0.6) is 0 Å². The van der Waals surface area contributed by atoms with Crippen LogP contribution < -0.4 is 4.80 Å². The molecule has 0 amide bonds. The maximum absolute atomic E-state index is 14.3. The van der Waals surface area contributed by atoms with Crippen LogP contribution in [-0.4, -0.2) is 17.4 Å². The summed E-state index contributed by atoms with van der Waals surface area (Å²) in [7, 11) is 0. The Balaban J connectivity index is 1.86. The standard InChI is InChI=1S/C22H18FN3S/c1-2-24-22-26(21(15-27-22)19-12-5-6-13-20(19)23)25-14-17-10-7-9-16-8-3-4-11-18(16)17/h3-15H,2H2,1H3. The van der Waals surface area contributed by atoms with Crippen LogP contribution in [0.15, 0.2) is 82.2 Å². The van der Waals surface area contributed by atoms with E-state index in [1.807, 2.05) is 48.9 Å². The van der Waals surface area contributed by atoms with Crippen LogP contribution in [0.4, 0.5) is 4.39 Å². The second-order valence-corrected chi connectivity index (χ2v) is 6.82. The molecule has 0 unspecified atom stereocenters. The Morgan fingerprint density at radius 3 is 2.63 bits per heavy atom. The van der Waals surface area contributed by atoms with E-state index in [2.05, 4.69) is 28.3 Å². The van der Waals surface area contributed by atoms with Crippen LogP contribution in [0.3, 0.4) is 0 Å². The first kappa shape index (κ1) is 17.4. The lowest BCUT2D eigenvalue weighted by Gasteiger charge is -2.05. The average molecular weight is 375 g/mol. The zero-order valence-corrected chi connectivity index (χ0v) is 15.7. The number of hydrogen-bond donors (Lipinski definition) is 0. The van der Waals surface area contributed by atoms with Crippen LogP contribution >= 0.6 is 11.3 Å². The van der Waals surface area contributed by atoms with Crippen molar-refractivity contribution < 1.29 is 4.39 Å². The van der Waals surface area contributed by atoms with Gasteiger partial charge in [-0.3, -0.25) is 4.99 Å². The Kier molecular flexibility index (Phi) is 4.94. The quantitative estimate of drug-likeness (QED) is 0.433. The van der Waals surface area contributed by atoms with Gasteiger partial charge in [-0.2, -0.15) is 5.10 Å². The van der Waals surface area contributed by atoms with Gasteiger partial charge in [0.2, 0.25) is 4.80 Å². The molecule has 0 spiro atoms. The zero-order chi connectivity index (χ0) is 18.6. The molecule has 1 aromatic heterocycles. The van der Waals surface area contributed by atoms with Gasteiger partial charge >= 0.3 is 0 Å². The summed E-state index contributed by atoms with van der Waals surface area (Å²) in [6.45, 7) is 2.61. The third-order valence-electron chi connectivity index (χ3n) is 4.26. The second kappa shape index (κ2) is 7.68. The van der Waals surface area contributed by atoms with Crippen LogP contribution in [0.25, 0.3) is 22.0 Å². The van der Waals surface area contributed by atoms with Crippen molar-refractivity contribution in [3.63, 3.8) is 0 Å². The normalized spacial score (nSPS) is 12.3. The van der Waals surface area contributed by atoms with E-state index in [9.17, 15) is 4.39 Å². The highest BCUT2D eigenvalue weighted by Crippen LogP contribution is 2.23. The van der Waals surface area contributed by atoms with Gasteiger partial charge in [0.25, 0.3) is 0 Å². The summed E-state index contributed by atoms with van der Waals surface area (Å²) < 4.78 is 16.0. The third kappa shape index (κ3) is 3.46. The zero-order valence-electron chi connectivity index (χ0n) is 14.8. The molecule has 0 aliphatic carbocycles. The lowest BCUT2D eigenvalue weighted by atomic mass is 10.1. The number of aromatic nitrogens is 1. The Labute approximate surface area is 160 Å². The van der Waals surface area contributed by atoms with Gasteiger partial charge in [-0.25, -0.2) is 9.07 Å². The maximum atomic E-state index is 14.3. The number of hydrogen-bond acceptors (Lipinski definition) is 3. The summed E-state index contributed by atoms with van der Waals surface area (Å²) in [5.74, 6) is -0.271. The molecule has 0 aliphatic heterocycles. The maximum Gasteiger partial charge on any atom is 0.206 e. The van der Waals surface area contributed by atoms with Gasteiger partial charge in [0, 0.05) is 23.1 Å². The van der Waals surface area contributed by atoms with E-state index in [0.717, 1.165) is 21.1 Å². The van der Waals surface area contributed by atoms with Crippen LogP contribution in [-0.2, 0) is 0 Å². The third-order valence-corrected chi connectivity index (χ3v) is 5.12. The van der Waals surface area contributed by atoms with E-state index in [1.165, 1.54) is 17.4 Å². The first-order valence-corrected chi connectivity index (χ1v) is 9.64. The minimum atomic E-state index is -0.271. The fourth-order valence-corrected chi connectivity index (χ4v) is 3.88. The first-order valence-electron chi connectivity index (χ1n) is 8.76. The van der Waals surface area contributed by atoms with Gasteiger partial charge in [-0.05, 0) is 29.8 Å². The molecule has 0 atom stereocenters. The highest BCUT2D eigenvalue weighted by molar-refractivity contribution is 7.07. The van der Waals surface area contributed by atoms with Crippen molar-refractivity contribution in [2.45, 2.75) is 6.92 Å². The molecule has 4 rings (SSSR count). The van der Waals surface area contributed by atoms with E-state index >= 15 is 0 Å². The number of nitrogens with zero attached hydrogens (tertiary/aromatic N) is 3. The molecule has 0 fully saturated rings. The topological polar surface area (TPSA) is 29.6 Å². The van der Waals surface area contributed by atoms with Crippen molar-refractivity contribution in [2.24, 2.45) is 10.1 Å². The van der Waals surface area contributed by atoms with Crippen molar-refractivity contribution in [1.29, 1.82) is 0 Å². The molecule has 3 nitrogen and oxygen atoms in total. The smallest absolute Gasteiger partial charge is 0.206 e. The lowest BCUT2D eigenvalue weighted by Crippen LogP contribution is -2.12. The van der Waals surface area contributed by atoms with Crippen LogP contribution in [0.2, 0.25) is 0 Å². The van der Waals surface area contributed by atoms with Gasteiger partial charge in [-0.15, -0.1) is 11.3 Å². The number of rotatable bonds is 4. The average Bonchev–Trinajstić information content (AvgIpc) is 3.09. The Morgan fingerprint density at radius 2 is 1.78 bits per heavy atom. The van der Waals surface area contributed by atoms with Gasteiger partial charge in [0.15, 0.2) is 0 Å². The predicted molar refractivity (Wildman–Crippen MR) is 111 cm³/mol. The van der Waals surface area contributed by atoms with E-state index < -0.39 is 0 Å². The van der Waals surface area contributed by atoms with E-state index in [-0.39, 0.29) is 5.82 Å². The SMILES string of the molecule is CCN=c1scc(-c2ccccc2F)n1N=Cc1cccc2ccccc12. The number of halogens is 1. The van der Waals surface area contributed by atoms with E-state index in [1.54, 1.807) is 16.8 Å². The fraction of sp³-hybridized carbons (Fsp3) is 0.0909. The van der Waals surface area contributed by atoms with Crippen molar-refractivity contribution >= 4 is 28.3 Å². The van der Waals surface area contributed by atoms with Crippen molar-refractivity contribution in [3.8, 4) is 11.3 Å². The molecule has 0 aliphatic rings. The summed E-state index contributed by atoms with van der Waals surface area (Å²) >= 11 is 1.46. The highest BCUT2D eigenvalue weighted by atomic mass is 32.1. The molecule has 0 N–H and O–H groups in total. The minimum Gasteiger partial charge on any atom is -0.258 e. The second-order valence-electron chi connectivity index (χ2n) is 5.98. The number of fused-ring (bicyclic) bond motifs is 1. The molecule has 0 bridgehead atoms. The minimum absolute atomic E-state index is 0.271. The van der Waals surface area contributed by atoms with Gasteiger partial charge in [-0.1, -0.05) is 54.6 Å². The van der Waals surface area contributed by atoms with Gasteiger partial charge < -0.3 is 0 Å². The first-order chi connectivity index (χ1) is 13.3. The van der Waals surface area contributed by atoms with E-state index in [0.29, 0.717) is 17.8 Å². The van der Waals surface area contributed by atoms with Crippen molar-refractivity contribution in [3.05, 3.63) is 88.3 Å². The lowest BCUT2D eigenvalue weighted by molar-refractivity contribution is 0.629. The van der Waals surface area contributed by atoms with Crippen molar-refractivity contribution in [1.82, 2.24) is 4.68 Å². The molecule has 27 heavy (non-hydrogen) atoms. The summed E-state index contributed by atoms with van der Waals surface area (Å²) in [5.41, 5.74) is 2.22. The molecule has 1 heterocycles. The summed E-state index contributed by atoms with van der Waals surface area (Å²) in [6.07, 6.45) is 1.81. The Morgan fingerprint density at radius 1 is 1.00 bits per heavy atom. The largest absolute Gasteiger partial charge is 0.258 e. The highest BCUT2D eigenvalue weighted by Gasteiger charge is 2.11. The number of benzene rings is 3. The summed E-state index contributed by atoms with van der Waals surface area (Å²) in [4.78, 5) is 5.25. The Bertz CT molecular complexity index is 1180. The molecule has 5 heteroatoms. The Hall–Kier alpha value is -3.05. The molecule has 0 radical (unpaired) electrons.